The van der Waals surface area contributed by atoms with Crippen molar-refractivity contribution in [3.8, 4) is 11.1 Å². The van der Waals surface area contributed by atoms with Crippen LogP contribution in [0, 0.1) is 5.82 Å². The summed E-state index contributed by atoms with van der Waals surface area (Å²) in [5.41, 5.74) is 2.30. The van der Waals surface area contributed by atoms with Gasteiger partial charge in [-0.3, -0.25) is 4.79 Å². The van der Waals surface area contributed by atoms with Crippen LogP contribution in [-0.2, 0) is 11.0 Å². The molecule has 1 heterocycles. The highest BCUT2D eigenvalue weighted by atomic mass is 19.4. The highest BCUT2D eigenvalue weighted by Gasteiger charge is 2.35. The maximum atomic E-state index is 14.0. The topological polar surface area (TPSA) is 29.1 Å². The summed E-state index contributed by atoms with van der Waals surface area (Å²) < 4.78 is 52.3. The van der Waals surface area contributed by atoms with Crippen molar-refractivity contribution in [3.63, 3.8) is 0 Å². The SMILES string of the molecule is O=C1NCCC2C1=Cc1cc(F)cc(-c3ccc(C(F)(F)F)cc3)c12. The van der Waals surface area contributed by atoms with E-state index in [1.54, 1.807) is 6.08 Å². The van der Waals surface area contributed by atoms with Crippen LogP contribution >= 0.6 is 0 Å². The summed E-state index contributed by atoms with van der Waals surface area (Å²) in [6, 6.07) is 7.36. The molecule has 0 spiro atoms. The number of fused-ring (bicyclic) bond motifs is 3. The summed E-state index contributed by atoms with van der Waals surface area (Å²) in [6.07, 6.45) is -2.06. The van der Waals surface area contributed by atoms with Gasteiger partial charge in [0.25, 0.3) is 0 Å². The van der Waals surface area contributed by atoms with Crippen LogP contribution in [0.5, 0.6) is 0 Å². The maximum absolute atomic E-state index is 14.0. The quantitative estimate of drug-likeness (QED) is 0.756. The van der Waals surface area contributed by atoms with E-state index in [4.69, 9.17) is 0 Å². The first-order valence-corrected chi connectivity index (χ1v) is 7.85. The van der Waals surface area contributed by atoms with Crippen molar-refractivity contribution in [1.82, 2.24) is 5.32 Å². The molecule has 128 valence electrons. The Hall–Kier alpha value is -2.63. The van der Waals surface area contributed by atoms with Gasteiger partial charge in [0.2, 0.25) is 5.91 Å². The molecule has 6 heteroatoms. The summed E-state index contributed by atoms with van der Waals surface area (Å²) in [5.74, 6) is -0.808. The van der Waals surface area contributed by atoms with Crippen LogP contribution in [0.25, 0.3) is 17.2 Å². The van der Waals surface area contributed by atoms with Gasteiger partial charge in [-0.15, -0.1) is 0 Å². The normalized spacial score (nSPS) is 19.1. The Kier molecular flexibility index (Phi) is 3.45. The first-order valence-electron chi connectivity index (χ1n) is 7.85. The average molecular weight is 347 g/mol. The molecule has 25 heavy (non-hydrogen) atoms. The standard InChI is InChI=1S/C19H13F4NO/c20-13-7-11-8-16-14(5-6-24-18(16)25)17(11)15(9-13)10-1-3-12(4-2-10)19(21,22)23/h1-4,7-9,14H,5-6H2,(H,24,25). The summed E-state index contributed by atoms with van der Waals surface area (Å²) >= 11 is 0. The van der Waals surface area contributed by atoms with Gasteiger partial charge in [0.1, 0.15) is 5.82 Å². The number of amides is 1. The number of hydrogen-bond acceptors (Lipinski definition) is 1. The molecule has 2 aromatic carbocycles. The molecule has 2 nitrogen and oxygen atoms in total. The van der Waals surface area contributed by atoms with Crippen LogP contribution < -0.4 is 5.32 Å². The smallest absolute Gasteiger partial charge is 0.352 e. The van der Waals surface area contributed by atoms with Crippen molar-refractivity contribution in [2.75, 3.05) is 6.54 Å². The van der Waals surface area contributed by atoms with E-state index >= 15 is 0 Å². The first-order chi connectivity index (χ1) is 11.8. The molecule has 4 rings (SSSR count). The molecule has 1 fully saturated rings. The molecule has 1 aliphatic carbocycles. The zero-order valence-corrected chi connectivity index (χ0v) is 13.0. The van der Waals surface area contributed by atoms with E-state index in [1.807, 2.05) is 0 Å². The monoisotopic (exact) mass is 347 g/mol. The van der Waals surface area contributed by atoms with E-state index in [0.29, 0.717) is 35.2 Å². The predicted octanol–water partition coefficient (Wildman–Crippen LogP) is 4.51. The van der Waals surface area contributed by atoms with E-state index in [2.05, 4.69) is 5.32 Å². The first kappa shape index (κ1) is 15.9. The molecule has 2 aromatic rings. The van der Waals surface area contributed by atoms with Gasteiger partial charge in [-0.05, 0) is 59.0 Å². The molecule has 1 aliphatic heterocycles. The number of halogens is 4. The van der Waals surface area contributed by atoms with Crippen LogP contribution in [0.4, 0.5) is 17.6 Å². The second-order valence-electron chi connectivity index (χ2n) is 6.23. The van der Waals surface area contributed by atoms with Crippen molar-refractivity contribution in [2.45, 2.75) is 18.5 Å². The molecule has 1 N–H and O–H groups in total. The van der Waals surface area contributed by atoms with Gasteiger partial charge in [0.05, 0.1) is 5.56 Å². The Morgan fingerprint density at radius 1 is 1.08 bits per heavy atom. The number of nitrogens with one attached hydrogen (secondary N) is 1. The van der Waals surface area contributed by atoms with Crippen molar-refractivity contribution in [1.29, 1.82) is 0 Å². The molecule has 1 amide bonds. The molecule has 2 aliphatic rings. The van der Waals surface area contributed by atoms with Gasteiger partial charge < -0.3 is 5.32 Å². The van der Waals surface area contributed by atoms with Gasteiger partial charge in [0.15, 0.2) is 0 Å². The molecule has 0 saturated carbocycles. The zero-order chi connectivity index (χ0) is 17.8. The molecular formula is C19H13F4NO. The third-order valence-corrected chi connectivity index (χ3v) is 4.72. The van der Waals surface area contributed by atoms with Crippen LogP contribution in [0.15, 0.2) is 42.0 Å². The van der Waals surface area contributed by atoms with Gasteiger partial charge in [-0.25, -0.2) is 4.39 Å². The van der Waals surface area contributed by atoms with Gasteiger partial charge in [-0.2, -0.15) is 13.2 Å². The Bertz CT molecular complexity index is 897. The number of hydrogen-bond donors (Lipinski definition) is 1. The number of carbonyl (C=O) groups excluding carboxylic acids is 1. The Balaban J connectivity index is 1.83. The average Bonchev–Trinajstić information content (AvgIpc) is 2.93. The Labute approximate surface area is 141 Å². The second-order valence-corrected chi connectivity index (χ2v) is 6.23. The summed E-state index contributed by atoms with van der Waals surface area (Å²) in [7, 11) is 0. The number of piperidine rings is 1. The number of rotatable bonds is 1. The van der Waals surface area contributed by atoms with Gasteiger partial charge in [-0.1, -0.05) is 12.1 Å². The van der Waals surface area contributed by atoms with Crippen LogP contribution in [0.2, 0.25) is 0 Å². The number of benzene rings is 2. The highest BCUT2D eigenvalue weighted by Crippen LogP contribution is 2.45. The Morgan fingerprint density at radius 3 is 2.48 bits per heavy atom. The molecule has 0 radical (unpaired) electrons. The van der Waals surface area contributed by atoms with Gasteiger partial charge in [0, 0.05) is 18.0 Å². The summed E-state index contributed by atoms with van der Waals surface area (Å²) in [6.45, 7) is 0.518. The fraction of sp³-hybridized carbons (Fsp3) is 0.211. The number of carbonyl (C=O) groups is 1. The van der Waals surface area contributed by atoms with Crippen molar-refractivity contribution < 1.29 is 22.4 Å². The molecule has 1 unspecified atom stereocenters. The zero-order valence-electron chi connectivity index (χ0n) is 13.0. The highest BCUT2D eigenvalue weighted by molar-refractivity contribution is 6.03. The lowest BCUT2D eigenvalue weighted by Crippen LogP contribution is -2.33. The van der Waals surface area contributed by atoms with Crippen molar-refractivity contribution >= 4 is 12.0 Å². The van der Waals surface area contributed by atoms with E-state index in [1.165, 1.54) is 24.3 Å². The maximum Gasteiger partial charge on any atom is 0.416 e. The third kappa shape index (κ3) is 2.62. The second kappa shape index (κ2) is 5.44. The molecule has 1 atom stereocenters. The summed E-state index contributed by atoms with van der Waals surface area (Å²) in [4.78, 5) is 12.0. The van der Waals surface area contributed by atoms with Crippen molar-refractivity contribution in [2.24, 2.45) is 0 Å². The minimum atomic E-state index is -4.42. The van der Waals surface area contributed by atoms with Crippen molar-refractivity contribution in [3.05, 3.63) is 64.5 Å². The number of alkyl halides is 3. The van der Waals surface area contributed by atoms with Crippen LogP contribution in [-0.4, -0.2) is 12.5 Å². The lowest BCUT2D eigenvalue weighted by Gasteiger charge is -2.24. The van der Waals surface area contributed by atoms with Gasteiger partial charge >= 0.3 is 6.18 Å². The van der Waals surface area contributed by atoms with E-state index in [9.17, 15) is 22.4 Å². The minimum absolute atomic E-state index is 0.151. The minimum Gasteiger partial charge on any atom is -0.352 e. The molecule has 0 aromatic heterocycles. The van der Waals surface area contributed by atoms with E-state index in [0.717, 1.165) is 17.7 Å². The largest absolute Gasteiger partial charge is 0.416 e. The van der Waals surface area contributed by atoms with Crippen LogP contribution in [0.3, 0.4) is 0 Å². The predicted molar refractivity (Wildman–Crippen MR) is 85.2 cm³/mol. The Morgan fingerprint density at radius 2 is 1.80 bits per heavy atom. The fourth-order valence-electron chi connectivity index (χ4n) is 3.60. The lowest BCUT2D eigenvalue weighted by atomic mass is 9.84. The molecular weight excluding hydrogens is 334 g/mol. The lowest BCUT2D eigenvalue weighted by molar-refractivity contribution is -0.137. The van der Waals surface area contributed by atoms with Crippen LogP contribution in [0.1, 0.15) is 29.0 Å². The summed E-state index contributed by atoms with van der Waals surface area (Å²) in [5, 5.41) is 2.76. The molecule has 1 saturated heterocycles. The third-order valence-electron chi connectivity index (χ3n) is 4.72. The van der Waals surface area contributed by atoms with E-state index in [-0.39, 0.29) is 11.8 Å². The van der Waals surface area contributed by atoms with E-state index < -0.39 is 17.6 Å². The fourth-order valence-corrected chi connectivity index (χ4v) is 3.60. The molecule has 0 bridgehead atoms.